The first-order chi connectivity index (χ1) is 15.2. The molecule has 2 aromatic rings. The van der Waals surface area contributed by atoms with E-state index in [1.54, 1.807) is 11.2 Å². The van der Waals surface area contributed by atoms with Gasteiger partial charge in [0.2, 0.25) is 0 Å². The Morgan fingerprint density at radius 2 is 2.09 bits per heavy atom. The van der Waals surface area contributed by atoms with E-state index in [-0.39, 0.29) is 36.7 Å². The molecule has 3 rings (SSSR count). The molecule has 2 atom stereocenters. The number of nitrogens with one attached hydrogen (secondary N) is 1. The molecule has 0 amide bonds. The van der Waals surface area contributed by atoms with Gasteiger partial charge in [-0.25, -0.2) is 41.9 Å². The van der Waals surface area contributed by atoms with Crippen molar-refractivity contribution in [2.45, 2.75) is 19.3 Å². The SMILES string of the molecule is CSNCC1CN(c2cc(/C(=C/N)c3ncc(F)c(C(F)F)n3)ncn2)CC(C)C1(F)F. The average molecular weight is 475 g/mol. The van der Waals surface area contributed by atoms with E-state index < -0.39 is 35.7 Å². The van der Waals surface area contributed by atoms with Gasteiger partial charge in [-0.15, -0.1) is 0 Å². The number of nitrogens with zero attached hydrogens (tertiary/aromatic N) is 5. The molecule has 1 aliphatic rings. The second kappa shape index (κ2) is 9.94. The maximum Gasteiger partial charge on any atom is 0.283 e. The Labute approximate surface area is 185 Å². The molecule has 0 aliphatic carbocycles. The van der Waals surface area contributed by atoms with Gasteiger partial charge in [0.1, 0.15) is 17.8 Å². The highest BCUT2D eigenvalue weighted by molar-refractivity contribution is 7.96. The number of alkyl halides is 4. The fraction of sp³-hybridized carbons (Fsp3) is 0.474. The minimum Gasteiger partial charge on any atom is -0.404 e. The van der Waals surface area contributed by atoms with Crippen LogP contribution in [0.2, 0.25) is 0 Å². The second-order valence-corrected chi connectivity index (χ2v) is 8.00. The molecule has 2 unspecified atom stereocenters. The largest absolute Gasteiger partial charge is 0.404 e. The molecular weight excluding hydrogens is 453 g/mol. The number of nitrogens with two attached hydrogens (primary N) is 1. The van der Waals surface area contributed by atoms with Crippen LogP contribution in [0.4, 0.5) is 27.8 Å². The Morgan fingerprint density at radius 1 is 1.34 bits per heavy atom. The van der Waals surface area contributed by atoms with Gasteiger partial charge in [0, 0.05) is 37.8 Å². The number of hydrogen-bond donors (Lipinski definition) is 2. The van der Waals surface area contributed by atoms with Gasteiger partial charge < -0.3 is 10.6 Å². The first-order valence-electron chi connectivity index (χ1n) is 9.62. The van der Waals surface area contributed by atoms with Crippen LogP contribution in [0, 0.1) is 17.7 Å². The van der Waals surface area contributed by atoms with Gasteiger partial charge in [-0.1, -0.05) is 18.9 Å². The molecule has 0 aromatic carbocycles. The van der Waals surface area contributed by atoms with E-state index in [1.807, 2.05) is 0 Å². The van der Waals surface area contributed by atoms with Crippen LogP contribution < -0.4 is 15.4 Å². The molecule has 32 heavy (non-hydrogen) atoms. The summed E-state index contributed by atoms with van der Waals surface area (Å²) in [6.07, 6.45) is 1.52. The molecule has 0 bridgehead atoms. The molecule has 1 saturated heterocycles. The Bertz CT molecular complexity index is 975. The third-order valence-corrected chi connectivity index (χ3v) is 5.70. The molecule has 3 heterocycles. The molecule has 7 nitrogen and oxygen atoms in total. The third kappa shape index (κ3) is 4.93. The summed E-state index contributed by atoms with van der Waals surface area (Å²) < 4.78 is 71.8. The summed E-state index contributed by atoms with van der Waals surface area (Å²) in [4.78, 5) is 17.3. The van der Waals surface area contributed by atoms with Crippen LogP contribution in [-0.4, -0.2) is 51.7 Å². The normalized spacial score (nSPS) is 21.2. The second-order valence-electron chi connectivity index (χ2n) is 7.30. The maximum atomic E-state index is 14.7. The molecule has 3 N–H and O–H groups in total. The summed E-state index contributed by atoms with van der Waals surface area (Å²) in [7, 11) is 0. The van der Waals surface area contributed by atoms with Gasteiger partial charge in [0.25, 0.3) is 12.3 Å². The molecule has 2 aromatic heterocycles. The summed E-state index contributed by atoms with van der Waals surface area (Å²) in [6, 6.07) is 1.49. The topological polar surface area (TPSA) is 92.8 Å². The van der Waals surface area contributed by atoms with E-state index in [0.29, 0.717) is 12.0 Å². The van der Waals surface area contributed by atoms with E-state index in [0.717, 1.165) is 6.20 Å². The first kappa shape index (κ1) is 24.1. The number of halogens is 5. The molecule has 1 aliphatic heterocycles. The van der Waals surface area contributed by atoms with Gasteiger partial charge in [0.15, 0.2) is 11.6 Å². The van der Waals surface area contributed by atoms with Crippen LogP contribution in [0.3, 0.4) is 0 Å². The lowest BCUT2D eigenvalue weighted by atomic mass is 9.86. The minimum atomic E-state index is -3.14. The van der Waals surface area contributed by atoms with Crippen molar-refractivity contribution in [1.82, 2.24) is 24.7 Å². The summed E-state index contributed by atoms with van der Waals surface area (Å²) in [5.74, 6) is -5.85. The van der Waals surface area contributed by atoms with E-state index in [4.69, 9.17) is 5.73 Å². The number of anilines is 1. The zero-order chi connectivity index (χ0) is 23.5. The average Bonchev–Trinajstić information content (AvgIpc) is 2.76. The zero-order valence-corrected chi connectivity index (χ0v) is 18.1. The fourth-order valence-corrected chi connectivity index (χ4v) is 3.86. The summed E-state index contributed by atoms with van der Waals surface area (Å²) >= 11 is 1.26. The van der Waals surface area contributed by atoms with Gasteiger partial charge in [-0.3, -0.25) is 4.72 Å². The van der Waals surface area contributed by atoms with Crippen molar-refractivity contribution >= 4 is 23.3 Å². The Morgan fingerprint density at radius 3 is 2.75 bits per heavy atom. The minimum absolute atomic E-state index is 0.0472. The lowest BCUT2D eigenvalue weighted by Gasteiger charge is -2.43. The molecule has 0 radical (unpaired) electrons. The first-order valence-corrected chi connectivity index (χ1v) is 10.8. The molecule has 1 fully saturated rings. The summed E-state index contributed by atoms with van der Waals surface area (Å²) in [5.41, 5.74) is 4.86. The summed E-state index contributed by atoms with van der Waals surface area (Å²) in [5, 5.41) is 0. The zero-order valence-electron chi connectivity index (χ0n) is 17.3. The standard InChI is InChI=1S/C19H22F5N7S/c1-10-7-31(8-11(5-29-32-2)19(10,23)24)15-3-14(27-9-28-15)12(4-25)18-26-6-13(20)16(30-18)17(21)22/h3-4,6,9-11,17,29H,5,7-8,25H2,1-2H3/b12-4-. The quantitative estimate of drug-likeness (QED) is 0.466. The van der Waals surface area contributed by atoms with Crippen molar-refractivity contribution < 1.29 is 22.0 Å². The number of piperidine rings is 1. The van der Waals surface area contributed by atoms with Gasteiger partial charge in [-0.05, 0) is 6.26 Å². The van der Waals surface area contributed by atoms with Crippen molar-refractivity contribution in [2.75, 3.05) is 30.8 Å². The van der Waals surface area contributed by atoms with Crippen LogP contribution in [-0.2, 0) is 0 Å². The lowest BCUT2D eigenvalue weighted by Crippen LogP contribution is -2.55. The van der Waals surface area contributed by atoms with E-state index in [9.17, 15) is 22.0 Å². The van der Waals surface area contributed by atoms with Crippen LogP contribution in [0.25, 0.3) is 5.57 Å². The van der Waals surface area contributed by atoms with Gasteiger partial charge in [0.05, 0.1) is 23.4 Å². The van der Waals surface area contributed by atoms with Crippen LogP contribution in [0.1, 0.15) is 30.6 Å². The third-order valence-electron chi connectivity index (χ3n) is 5.25. The monoisotopic (exact) mass is 475 g/mol. The fourth-order valence-electron chi connectivity index (χ4n) is 3.49. The van der Waals surface area contributed by atoms with Crippen LogP contribution >= 0.6 is 11.9 Å². The number of hydrogen-bond acceptors (Lipinski definition) is 8. The number of rotatable bonds is 7. The molecule has 13 heteroatoms. The Balaban J connectivity index is 1.91. The van der Waals surface area contributed by atoms with Gasteiger partial charge in [-0.2, -0.15) is 0 Å². The molecular formula is C19H22F5N7S. The van der Waals surface area contributed by atoms with Crippen LogP contribution in [0.15, 0.2) is 24.8 Å². The van der Waals surface area contributed by atoms with E-state index in [2.05, 4.69) is 24.7 Å². The van der Waals surface area contributed by atoms with Gasteiger partial charge >= 0.3 is 0 Å². The van der Waals surface area contributed by atoms with E-state index in [1.165, 1.54) is 31.3 Å². The maximum absolute atomic E-state index is 14.7. The molecule has 174 valence electrons. The highest BCUT2D eigenvalue weighted by Crippen LogP contribution is 2.39. The van der Waals surface area contributed by atoms with Crippen molar-refractivity contribution in [1.29, 1.82) is 0 Å². The van der Waals surface area contributed by atoms with Crippen LogP contribution in [0.5, 0.6) is 0 Å². The van der Waals surface area contributed by atoms with Crippen molar-refractivity contribution in [2.24, 2.45) is 17.6 Å². The predicted octanol–water partition coefficient (Wildman–Crippen LogP) is 3.27. The molecule has 0 spiro atoms. The number of aromatic nitrogens is 4. The van der Waals surface area contributed by atoms with Crippen molar-refractivity contribution in [3.63, 3.8) is 0 Å². The summed E-state index contributed by atoms with van der Waals surface area (Å²) in [6.45, 7) is 1.69. The van der Waals surface area contributed by atoms with E-state index >= 15 is 0 Å². The predicted molar refractivity (Wildman–Crippen MR) is 112 cm³/mol. The van der Waals surface area contributed by atoms with Crippen molar-refractivity contribution in [3.05, 3.63) is 47.8 Å². The highest BCUT2D eigenvalue weighted by atomic mass is 32.2. The highest BCUT2D eigenvalue weighted by Gasteiger charge is 2.49. The smallest absolute Gasteiger partial charge is 0.283 e. The molecule has 0 saturated carbocycles. The van der Waals surface area contributed by atoms with Crippen molar-refractivity contribution in [3.8, 4) is 0 Å². The Hall–Kier alpha value is -2.54. The lowest BCUT2D eigenvalue weighted by molar-refractivity contribution is -0.108. The Kier molecular flexibility index (Phi) is 7.49.